The van der Waals surface area contributed by atoms with Crippen molar-refractivity contribution in [2.75, 3.05) is 5.32 Å². The zero-order valence-electron chi connectivity index (χ0n) is 14.7. The van der Waals surface area contributed by atoms with E-state index in [-0.39, 0.29) is 22.0 Å². The second-order valence-corrected chi connectivity index (χ2v) is 8.35. The minimum absolute atomic E-state index is 0.000199. The van der Waals surface area contributed by atoms with E-state index >= 15 is 0 Å². The normalized spacial score (nSPS) is 11.2. The van der Waals surface area contributed by atoms with Gasteiger partial charge < -0.3 is 10.4 Å². The number of sulfone groups is 1. The molecule has 0 aliphatic rings. The molecule has 0 fully saturated rings. The summed E-state index contributed by atoms with van der Waals surface area (Å²) < 4.78 is 39.7. The first-order valence-corrected chi connectivity index (χ1v) is 10.1. The number of hydrogen-bond acceptors (Lipinski definition) is 6. The minimum atomic E-state index is -3.87. The van der Waals surface area contributed by atoms with Crippen LogP contribution in [0.25, 0.3) is 0 Å². The number of non-ortho nitro benzene ring substituents is 1. The Hall–Kier alpha value is -3.17. The molecule has 150 valence electrons. The van der Waals surface area contributed by atoms with E-state index in [2.05, 4.69) is 5.32 Å². The van der Waals surface area contributed by atoms with E-state index in [1.165, 1.54) is 30.3 Å². The van der Waals surface area contributed by atoms with Crippen molar-refractivity contribution in [2.24, 2.45) is 0 Å². The van der Waals surface area contributed by atoms with E-state index in [0.717, 1.165) is 6.07 Å². The van der Waals surface area contributed by atoms with Crippen LogP contribution < -0.4 is 5.32 Å². The molecule has 0 unspecified atom stereocenters. The number of nitro benzene ring substituents is 1. The van der Waals surface area contributed by atoms with Gasteiger partial charge in [-0.1, -0.05) is 29.8 Å². The quantitative estimate of drug-likeness (QED) is 0.333. The van der Waals surface area contributed by atoms with Crippen LogP contribution in [-0.4, -0.2) is 18.4 Å². The molecule has 0 aromatic heterocycles. The van der Waals surface area contributed by atoms with Crippen molar-refractivity contribution in [1.82, 2.24) is 0 Å². The molecule has 3 rings (SSSR count). The van der Waals surface area contributed by atoms with E-state index < -0.39 is 32.0 Å². The fraction of sp³-hybridized carbons (Fsp3) is 0.0526. The molecule has 0 spiro atoms. The zero-order chi connectivity index (χ0) is 21.2. The molecule has 0 saturated heterocycles. The Balaban J connectivity index is 1.95. The van der Waals surface area contributed by atoms with Gasteiger partial charge in [-0.15, -0.1) is 0 Å². The van der Waals surface area contributed by atoms with Crippen molar-refractivity contribution < 1.29 is 22.8 Å². The second-order valence-electron chi connectivity index (χ2n) is 6.00. The lowest BCUT2D eigenvalue weighted by Gasteiger charge is -2.13. The molecule has 0 aliphatic heterocycles. The van der Waals surface area contributed by atoms with Crippen LogP contribution in [0.3, 0.4) is 0 Å². The summed E-state index contributed by atoms with van der Waals surface area (Å²) in [6.07, 6.45) is 0. The molecule has 0 amide bonds. The third kappa shape index (κ3) is 4.30. The lowest BCUT2D eigenvalue weighted by molar-refractivity contribution is -0.385. The summed E-state index contributed by atoms with van der Waals surface area (Å²) in [4.78, 5) is 10.1. The van der Waals surface area contributed by atoms with Crippen LogP contribution in [0.2, 0.25) is 5.02 Å². The molecular formula is C19H14ClFN2O5S. The van der Waals surface area contributed by atoms with Gasteiger partial charge in [0.2, 0.25) is 9.84 Å². The number of aromatic hydroxyl groups is 1. The fourth-order valence-corrected chi connectivity index (χ4v) is 4.29. The lowest BCUT2D eigenvalue weighted by atomic mass is 10.2. The number of phenolic OH excluding ortho intramolecular Hbond substituents is 1. The van der Waals surface area contributed by atoms with Gasteiger partial charge >= 0.3 is 0 Å². The molecule has 0 heterocycles. The third-order valence-corrected chi connectivity index (χ3v) is 6.24. The molecule has 10 heteroatoms. The highest BCUT2D eigenvalue weighted by molar-refractivity contribution is 7.91. The Kier molecular flexibility index (Phi) is 5.71. The first kappa shape index (κ1) is 20.6. The van der Waals surface area contributed by atoms with Gasteiger partial charge in [0.15, 0.2) is 11.6 Å². The van der Waals surface area contributed by atoms with Gasteiger partial charge in [0, 0.05) is 17.6 Å². The number of rotatable bonds is 6. The van der Waals surface area contributed by atoms with Crippen LogP contribution in [0.15, 0.2) is 70.5 Å². The number of halogens is 2. The summed E-state index contributed by atoms with van der Waals surface area (Å²) in [6.45, 7) is -0.128. The van der Waals surface area contributed by atoms with E-state index in [9.17, 15) is 28.0 Å². The van der Waals surface area contributed by atoms with Crippen LogP contribution in [0, 0.1) is 15.9 Å². The molecular weight excluding hydrogens is 423 g/mol. The Morgan fingerprint density at radius 2 is 1.76 bits per heavy atom. The maximum Gasteiger partial charge on any atom is 0.274 e. The smallest absolute Gasteiger partial charge is 0.274 e. The van der Waals surface area contributed by atoms with Gasteiger partial charge in [0.05, 0.1) is 26.5 Å². The van der Waals surface area contributed by atoms with Crippen molar-refractivity contribution in [3.8, 4) is 5.75 Å². The Morgan fingerprint density at radius 1 is 1.10 bits per heavy atom. The topological polar surface area (TPSA) is 110 Å². The lowest BCUT2D eigenvalue weighted by Crippen LogP contribution is -2.09. The molecule has 0 atom stereocenters. The summed E-state index contributed by atoms with van der Waals surface area (Å²) in [6, 6.07) is 13.4. The standard InChI is InChI=1S/C19H14ClFN2O5S/c20-13-5-7-15(8-6-13)29(27,28)18-4-2-1-3-12(18)11-22-17-10-14(23(25)26)9-16(21)19(17)24/h1-10,22,24H,11H2. The second kappa shape index (κ2) is 8.06. The Morgan fingerprint density at radius 3 is 2.41 bits per heavy atom. The summed E-state index contributed by atoms with van der Waals surface area (Å²) in [5, 5.41) is 23.8. The van der Waals surface area contributed by atoms with E-state index in [1.807, 2.05) is 0 Å². The predicted octanol–water partition coefficient (Wildman–Crippen LogP) is 4.54. The predicted molar refractivity (Wildman–Crippen MR) is 105 cm³/mol. The summed E-state index contributed by atoms with van der Waals surface area (Å²) in [7, 11) is -3.87. The summed E-state index contributed by atoms with van der Waals surface area (Å²) in [5.74, 6) is -1.96. The van der Waals surface area contributed by atoms with Crippen molar-refractivity contribution in [2.45, 2.75) is 16.3 Å². The van der Waals surface area contributed by atoms with E-state index in [1.54, 1.807) is 18.2 Å². The first-order chi connectivity index (χ1) is 13.7. The van der Waals surface area contributed by atoms with Crippen LogP contribution in [0.5, 0.6) is 5.75 Å². The number of nitrogens with one attached hydrogen (secondary N) is 1. The van der Waals surface area contributed by atoms with Gasteiger partial charge in [-0.3, -0.25) is 10.1 Å². The summed E-state index contributed by atoms with van der Waals surface area (Å²) in [5.41, 5.74) is -0.450. The van der Waals surface area contributed by atoms with Gasteiger partial charge in [-0.05, 0) is 35.9 Å². The first-order valence-electron chi connectivity index (χ1n) is 8.19. The number of anilines is 1. The molecule has 29 heavy (non-hydrogen) atoms. The number of hydrogen-bond donors (Lipinski definition) is 2. The van der Waals surface area contributed by atoms with E-state index in [4.69, 9.17) is 11.6 Å². The highest BCUT2D eigenvalue weighted by Gasteiger charge is 2.22. The van der Waals surface area contributed by atoms with Crippen LogP contribution in [0.4, 0.5) is 15.8 Å². The highest BCUT2D eigenvalue weighted by Crippen LogP contribution is 2.32. The maximum atomic E-state index is 13.7. The number of benzene rings is 3. The monoisotopic (exact) mass is 436 g/mol. The highest BCUT2D eigenvalue weighted by atomic mass is 35.5. The maximum absolute atomic E-state index is 13.7. The molecule has 0 aliphatic carbocycles. The largest absolute Gasteiger partial charge is 0.503 e. The van der Waals surface area contributed by atoms with Crippen LogP contribution >= 0.6 is 11.6 Å². The molecule has 3 aromatic carbocycles. The molecule has 0 bridgehead atoms. The van der Waals surface area contributed by atoms with E-state index in [0.29, 0.717) is 16.7 Å². The van der Waals surface area contributed by atoms with Crippen LogP contribution in [-0.2, 0) is 16.4 Å². The third-order valence-electron chi connectivity index (χ3n) is 4.11. The average Bonchev–Trinajstić information content (AvgIpc) is 2.69. The molecule has 0 saturated carbocycles. The van der Waals surface area contributed by atoms with Gasteiger partial charge in [0.1, 0.15) is 0 Å². The molecule has 7 nitrogen and oxygen atoms in total. The van der Waals surface area contributed by atoms with Crippen molar-refractivity contribution in [3.05, 3.63) is 87.2 Å². The number of phenols is 1. The number of nitrogens with zero attached hydrogens (tertiary/aromatic N) is 1. The molecule has 3 aromatic rings. The average molecular weight is 437 g/mol. The molecule has 0 radical (unpaired) electrons. The SMILES string of the molecule is O=[N+]([O-])c1cc(F)c(O)c(NCc2ccccc2S(=O)(=O)c2ccc(Cl)cc2)c1. The Labute approximate surface area is 170 Å². The van der Waals surface area contributed by atoms with Crippen LogP contribution in [0.1, 0.15) is 5.56 Å². The van der Waals surface area contributed by atoms with Gasteiger partial charge in [-0.2, -0.15) is 0 Å². The zero-order valence-corrected chi connectivity index (χ0v) is 16.2. The minimum Gasteiger partial charge on any atom is -0.503 e. The summed E-state index contributed by atoms with van der Waals surface area (Å²) >= 11 is 5.81. The van der Waals surface area contributed by atoms with Gasteiger partial charge in [-0.25, -0.2) is 12.8 Å². The number of nitro groups is 1. The Bertz CT molecular complexity index is 1180. The van der Waals surface area contributed by atoms with Gasteiger partial charge in [0.25, 0.3) is 5.69 Å². The fourth-order valence-electron chi connectivity index (χ4n) is 2.67. The van der Waals surface area contributed by atoms with Crippen molar-refractivity contribution in [3.63, 3.8) is 0 Å². The van der Waals surface area contributed by atoms with Crippen molar-refractivity contribution >= 4 is 32.8 Å². The molecule has 2 N–H and O–H groups in total. The van der Waals surface area contributed by atoms with Crippen molar-refractivity contribution in [1.29, 1.82) is 0 Å².